The minimum atomic E-state index is -1.10. The van der Waals surface area contributed by atoms with Crippen LogP contribution in [0.5, 0.6) is 0 Å². The summed E-state index contributed by atoms with van der Waals surface area (Å²) in [7, 11) is 0. The number of carboxylic acid groups (broad SMARTS) is 1. The van der Waals surface area contributed by atoms with Crippen molar-refractivity contribution in [3.8, 4) is 0 Å². The molecule has 0 aliphatic carbocycles. The van der Waals surface area contributed by atoms with Crippen molar-refractivity contribution < 1.29 is 14.7 Å². The zero-order valence-electron chi connectivity index (χ0n) is 8.65. The third-order valence-corrected chi connectivity index (χ3v) is 2.01. The van der Waals surface area contributed by atoms with Crippen molar-refractivity contribution in [3.63, 3.8) is 0 Å². The summed E-state index contributed by atoms with van der Waals surface area (Å²) < 4.78 is 0. The number of carbonyl (C=O) groups excluding carboxylic acids is 1. The molecule has 0 unspecified atom stereocenters. The first-order valence-electron chi connectivity index (χ1n) is 4.53. The number of carboxylic acids is 1. The first kappa shape index (κ1) is 11.2. The van der Waals surface area contributed by atoms with E-state index in [1.54, 1.807) is 12.1 Å². The summed E-state index contributed by atoms with van der Waals surface area (Å²) in [5, 5.41) is 8.50. The van der Waals surface area contributed by atoms with Gasteiger partial charge in [-0.3, -0.25) is 4.79 Å². The van der Waals surface area contributed by atoms with Gasteiger partial charge in [-0.1, -0.05) is 29.8 Å². The fourth-order valence-electron chi connectivity index (χ4n) is 1.18. The van der Waals surface area contributed by atoms with Gasteiger partial charge in [0.1, 0.15) is 0 Å². The standard InChI is InChI=1S/C12H12O3/c1-8-3-5-10(6-4-8)12(15)9(2)7-11(13)14/h3-7H,1-2H3,(H,13,14)/b9-7+. The molecule has 0 saturated carbocycles. The number of hydrogen-bond acceptors (Lipinski definition) is 2. The number of hydrogen-bond donors (Lipinski definition) is 1. The van der Waals surface area contributed by atoms with Crippen molar-refractivity contribution in [3.05, 3.63) is 47.0 Å². The SMILES string of the molecule is C/C(=C\C(=O)O)C(=O)c1ccc(C)cc1. The van der Waals surface area contributed by atoms with E-state index in [-0.39, 0.29) is 11.4 Å². The molecular weight excluding hydrogens is 192 g/mol. The van der Waals surface area contributed by atoms with Gasteiger partial charge < -0.3 is 5.11 Å². The Balaban J connectivity index is 2.95. The summed E-state index contributed by atoms with van der Waals surface area (Å²) in [6.45, 7) is 3.42. The Morgan fingerprint density at radius 3 is 2.20 bits per heavy atom. The van der Waals surface area contributed by atoms with Gasteiger partial charge in [-0.05, 0) is 13.8 Å². The summed E-state index contributed by atoms with van der Waals surface area (Å²) in [6, 6.07) is 7.02. The fourth-order valence-corrected chi connectivity index (χ4v) is 1.18. The molecule has 0 aliphatic heterocycles. The Labute approximate surface area is 88.0 Å². The molecule has 0 atom stereocenters. The van der Waals surface area contributed by atoms with Crippen LogP contribution in [0, 0.1) is 6.92 Å². The molecule has 1 N–H and O–H groups in total. The van der Waals surface area contributed by atoms with Crippen LogP contribution >= 0.6 is 0 Å². The van der Waals surface area contributed by atoms with Crippen LogP contribution in [0.25, 0.3) is 0 Å². The summed E-state index contributed by atoms with van der Waals surface area (Å²) in [6.07, 6.45) is 0.919. The van der Waals surface area contributed by atoms with E-state index in [1.165, 1.54) is 6.92 Å². The summed E-state index contributed by atoms with van der Waals surface area (Å²) >= 11 is 0. The zero-order valence-corrected chi connectivity index (χ0v) is 8.65. The van der Waals surface area contributed by atoms with E-state index in [9.17, 15) is 9.59 Å². The van der Waals surface area contributed by atoms with Gasteiger partial charge in [0.15, 0.2) is 5.78 Å². The second-order valence-corrected chi connectivity index (χ2v) is 3.36. The molecule has 3 nitrogen and oxygen atoms in total. The quantitative estimate of drug-likeness (QED) is 0.606. The second-order valence-electron chi connectivity index (χ2n) is 3.36. The minimum absolute atomic E-state index is 0.228. The highest BCUT2D eigenvalue weighted by molar-refractivity contribution is 6.10. The van der Waals surface area contributed by atoms with Gasteiger partial charge in [-0.2, -0.15) is 0 Å². The van der Waals surface area contributed by atoms with E-state index in [0.29, 0.717) is 5.56 Å². The Kier molecular flexibility index (Phi) is 3.39. The van der Waals surface area contributed by atoms with Crippen LogP contribution in [-0.2, 0) is 4.79 Å². The molecule has 0 radical (unpaired) electrons. The average molecular weight is 204 g/mol. The molecule has 0 spiro atoms. The van der Waals surface area contributed by atoms with Gasteiger partial charge in [0.05, 0.1) is 0 Å². The summed E-state index contributed by atoms with van der Waals surface area (Å²) in [5.74, 6) is -1.36. The maximum Gasteiger partial charge on any atom is 0.328 e. The number of benzene rings is 1. The highest BCUT2D eigenvalue weighted by atomic mass is 16.4. The van der Waals surface area contributed by atoms with Crippen LogP contribution in [0.3, 0.4) is 0 Å². The van der Waals surface area contributed by atoms with Gasteiger partial charge in [0.2, 0.25) is 0 Å². The van der Waals surface area contributed by atoms with E-state index in [0.717, 1.165) is 11.6 Å². The molecule has 0 fully saturated rings. The van der Waals surface area contributed by atoms with Crippen LogP contribution in [0.4, 0.5) is 0 Å². The molecular formula is C12H12O3. The van der Waals surface area contributed by atoms with E-state index in [1.807, 2.05) is 19.1 Å². The smallest absolute Gasteiger partial charge is 0.328 e. The Morgan fingerprint density at radius 2 is 1.73 bits per heavy atom. The van der Waals surface area contributed by atoms with Crippen LogP contribution in [0.15, 0.2) is 35.9 Å². The topological polar surface area (TPSA) is 54.4 Å². The average Bonchev–Trinajstić information content (AvgIpc) is 2.17. The van der Waals surface area contributed by atoms with Crippen LogP contribution in [0.1, 0.15) is 22.8 Å². The monoisotopic (exact) mass is 204 g/mol. The lowest BCUT2D eigenvalue weighted by Gasteiger charge is -2.00. The van der Waals surface area contributed by atoms with Gasteiger partial charge in [-0.25, -0.2) is 4.79 Å². The molecule has 0 bridgehead atoms. The number of Topliss-reactive ketones (excluding diaryl/α,β-unsaturated/α-hetero) is 1. The van der Waals surface area contributed by atoms with Gasteiger partial charge in [0.25, 0.3) is 0 Å². The van der Waals surface area contributed by atoms with Crippen LogP contribution in [0.2, 0.25) is 0 Å². The first-order chi connectivity index (χ1) is 7.00. The number of aliphatic carboxylic acids is 1. The van der Waals surface area contributed by atoms with E-state index >= 15 is 0 Å². The molecule has 3 heteroatoms. The van der Waals surface area contributed by atoms with Crippen molar-refractivity contribution in [2.45, 2.75) is 13.8 Å². The van der Waals surface area contributed by atoms with Gasteiger partial charge in [-0.15, -0.1) is 0 Å². The molecule has 78 valence electrons. The molecule has 0 heterocycles. The lowest BCUT2D eigenvalue weighted by Crippen LogP contribution is -2.03. The Morgan fingerprint density at radius 1 is 1.20 bits per heavy atom. The number of aryl methyl sites for hydroxylation is 1. The molecule has 0 amide bonds. The number of rotatable bonds is 3. The minimum Gasteiger partial charge on any atom is -0.478 e. The summed E-state index contributed by atoms with van der Waals surface area (Å²) in [4.78, 5) is 22.0. The predicted octanol–water partition coefficient (Wildman–Crippen LogP) is 2.21. The highest BCUT2D eigenvalue weighted by Gasteiger charge is 2.08. The molecule has 15 heavy (non-hydrogen) atoms. The predicted molar refractivity (Wildman–Crippen MR) is 56.9 cm³/mol. The first-order valence-corrected chi connectivity index (χ1v) is 4.53. The molecule has 0 saturated heterocycles. The second kappa shape index (κ2) is 4.55. The third kappa shape index (κ3) is 3.06. The maximum absolute atomic E-state index is 11.7. The number of allylic oxidation sites excluding steroid dienone is 1. The van der Waals surface area contributed by atoms with Crippen molar-refractivity contribution in [1.29, 1.82) is 0 Å². The van der Waals surface area contributed by atoms with Crippen LogP contribution < -0.4 is 0 Å². The van der Waals surface area contributed by atoms with Crippen molar-refractivity contribution in [1.82, 2.24) is 0 Å². The zero-order chi connectivity index (χ0) is 11.4. The fraction of sp³-hybridized carbons (Fsp3) is 0.167. The Bertz CT molecular complexity index is 413. The highest BCUT2D eigenvalue weighted by Crippen LogP contribution is 2.09. The molecule has 0 aliphatic rings. The number of carbonyl (C=O) groups is 2. The van der Waals surface area contributed by atoms with Gasteiger partial charge >= 0.3 is 5.97 Å². The Hall–Kier alpha value is -1.90. The van der Waals surface area contributed by atoms with E-state index < -0.39 is 5.97 Å². The third-order valence-electron chi connectivity index (χ3n) is 2.01. The molecule has 1 aromatic carbocycles. The van der Waals surface area contributed by atoms with Crippen molar-refractivity contribution in [2.75, 3.05) is 0 Å². The maximum atomic E-state index is 11.7. The molecule has 1 aromatic rings. The normalized spacial score (nSPS) is 11.2. The van der Waals surface area contributed by atoms with E-state index in [4.69, 9.17) is 5.11 Å². The van der Waals surface area contributed by atoms with E-state index in [2.05, 4.69) is 0 Å². The largest absolute Gasteiger partial charge is 0.478 e. The number of ketones is 1. The molecule has 0 aromatic heterocycles. The molecule has 1 rings (SSSR count). The van der Waals surface area contributed by atoms with Crippen LogP contribution in [-0.4, -0.2) is 16.9 Å². The van der Waals surface area contributed by atoms with Crippen molar-refractivity contribution >= 4 is 11.8 Å². The van der Waals surface area contributed by atoms with Gasteiger partial charge in [0, 0.05) is 17.2 Å². The van der Waals surface area contributed by atoms with Crippen molar-refractivity contribution in [2.24, 2.45) is 0 Å². The lowest BCUT2D eigenvalue weighted by atomic mass is 10.0. The summed E-state index contributed by atoms with van der Waals surface area (Å²) in [5.41, 5.74) is 1.80. The lowest BCUT2D eigenvalue weighted by molar-refractivity contribution is -0.131.